The lowest BCUT2D eigenvalue weighted by molar-refractivity contribution is -0.0376. The molecule has 2 N–H and O–H groups in total. The lowest BCUT2D eigenvalue weighted by Gasteiger charge is -2.24. The molecule has 0 saturated heterocycles. The standard InChI is InChI=1S/C10H22FNO2/c1-3-7-14-9-10(11,8-13-2)5-4-6-12/h3-9,12H2,1-2H3. The molecule has 0 aromatic rings. The van der Waals surface area contributed by atoms with Gasteiger partial charge in [0.25, 0.3) is 0 Å². The normalized spacial score (nSPS) is 15.4. The Morgan fingerprint density at radius 2 is 2.07 bits per heavy atom. The number of alkyl halides is 1. The predicted molar refractivity (Wildman–Crippen MR) is 55.1 cm³/mol. The van der Waals surface area contributed by atoms with Gasteiger partial charge >= 0.3 is 0 Å². The maximum Gasteiger partial charge on any atom is 0.157 e. The lowest BCUT2D eigenvalue weighted by Crippen LogP contribution is -2.35. The molecular weight excluding hydrogens is 185 g/mol. The Balaban J connectivity index is 3.82. The van der Waals surface area contributed by atoms with E-state index >= 15 is 0 Å². The van der Waals surface area contributed by atoms with Crippen LogP contribution >= 0.6 is 0 Å². The summed E-state index contributed by atoms with van der Waals surface area (Å²) in [6.07, 6.45) is 1.97. The van der Waals surface area contributed by atoms with Crippen molar-refractivity contribution >= 4 is 0 Å². The predicted octanol–water partition coefficient (Wildman–Crippen LogP) is 1.51. The SMILES string of the molecule is CCCOCC(F)(CCCN)COC. The van der Waals surface area contributed by atoms with Crippen LogP contribution in [0.5, 0.6) is 0 Å². The van der Waals surface area contributed by atoms with Gasteiger partial charge < -0.3 is 15.2 Å². The largest absolute Gasteiger partial charge is 0.381 e. The molecule has 0 heterocycles. The molecule has 14 heavy (non-hydrogen) atoms. The highest BCUT2D eigenvalue weighted by Gasteiger charge is 2.29. The number of ether oxygens (including phenoxy) is 2. The minimum absolute atomic E-state index is 0.0801. The maximum atomic E-state index is 14.0. The molecule has 1 unspecified atom stereocenters. The van der Waals surface area contributed by atoms with Crippen LogP contribution in [0, 0.1) is 0 Å². The number of rotatable bonds is 9. The van der Waals surface area contributed by atoms with Crippen LogP contribution in [0.2, 0.25) is 0 Å². The van der Waals surface area contributed by atoms with Crippen molar-refractivity contribution < 1.29 is 13.9 Å². The van der Waals surface area contributed by atoms with Gasteiger partial charge in [0.05, 0.1) is 13.2 Å². The molecule has 0 amide bonds. The van der Waals surface area contributed by atoms with Crippen LogP contribution in [0.15, 0.2) is 0 Å². The molecule has 0 aromatic carbocycles. The first kappa shape index (κ1) is 13.8. The number of halogens is 1. The molecule has 0 fully saturated rings. The molecule has 0 aliphatic heterocycles. The van der Waals surface area contributed by atoms with Crippen molar-refractivity contribution in [1.82, 2.24) is 0 Å². The molecule has 0 saturated carbocycles. The lowest BCUT2D eigenvalue weighted by atomic mass is 10.0. The molecule has 0 aliphatic carbocycles. The highest BCUT2D eigenvalue weighted by molar-refractivity contribution is 4.78. The van der Waals surface area contributed by atoms with Gasteiger partial charge in [0, 0.05) is 13.7 Å². The van der Waals surface area contributed by atoms with Gasteiger partial charge in [-0.25, -0.2) is 4.39 Å². The van der Waals surface area contributed by atoms with Crippen LogP contribution in [0.4, 0.5) is 4.39 Å². The Morgan fingerprint density at radius 3 is 2.57 bits per heavy atom. The second-order valence-electron chi connectivity index (χ2n) is 3.53. The van der Waals surface area contributed by atoms with Crippen molar-refractivity contribution in [3.05, 3.63) is 0 Å². The van der Waals surface area contributed by atoms with E-state index in [2.05, 4.69) is 0 Å². The third kappa shape index (κ3) is 6.29. The average molecular weight is 207 g/mol. The molecule has 0 bridgehead atoms. The Kier molecular flexibility index (Phi) is 8.04. The van der Waals surface area contributed by atoms with Gasteiger partial charge in [0.2, 0.25) is 0 Å². The first-order valence-corrected chi connectivity index (χ1v) is 5.14. The average Bonchev–Trinajstić information content (AvgIpc) is 2.16. The fourth-order valence-corrected chi connectivity index (χ4v) is 1.26. The highest BCUT2D eigenvalue weighted by Crippen LogP contribution is 2.19. The summed E-state index contributed by atoms with van der Waals surface area (Å²) in [6, 6.07) is 0. The van der Waals surface area contributed by atoms with Gasteiger partial charge in [0.1, 0.15) is 0 Å². The quantitative estimate of drug-likeness (QED) is 0.583. The van der Waals surface area contributed by atoms with Crippen LogP contribution in [0.1, 0.15) is 26.2 Å². The van der Waals surface area contributed by atoms with Gasteiger partial charge in [-0.2, -0.15) is 0 Å². The third-order valence-corrected chi connectivity index (χ3v) is 1.94. The number of methoxy groups -OCH3 is 1. The van der Waals surface area contributed by atoms with Crippen molar-refractivity contribution in [2.45, 2.75) is 31.9 Å². The topological polar surface area (TPSA) is 44.5 Å². The molecule has 0 aliphatic rings. The van der Waals surface area contributed by atoms with E-state index in [1.807, 2.05) is 6.92 Å². The van der Waals surface area contributed by atoms with Crippen molar-refractivity contribution in [3.63, 3.8) is 0 Å². The van der Waals surface area contributed by atoms with E-state index in [0.717, 1.165) is 6.42 Å². The highest BCUT2D eigenvalue weighted by atomic mass is 19.1. The third-order valence-electron chi connectivity index (χ3n) is 1.94. The fraction of sp³-hybridized carbons (Fsp3) is 1.00. The minimum Gasteiger partial charge on any atom is -0.381 e. The zero-order chi connectivity index (χ0) is 10.9. The van der Waals surface area contributed by atoms with Gasteiger partial charge in [-0.15, -0.1) is 0 Å². The summed E-state index contributed by atoms with van der Waals surface area (Å²) in [5, 5.41) is 0. The first-order valence-electron chi connectivity index (χ1n) is 5.14. The molecule has 4 heteroatoms. The maximum absolute atomic E-state index is 14.0. The monoisotopic (exact) mass is 207 g/mol. The van der Waals surface area contributed by atoms with Crippen LogP contribution < -0.4 is 5.73 Å². The summed E-state index contributed by atoms with van der Waals surface area (Å²) in [5.41, 5.74) is 3.97. The number of nitrogens with two attached hydrogens (primary N) is 1. The second-order valence-corrected chi connectivity index (χ2v) is 3.53. The van der Waals surface area contributed by atoms with Gasteiger partial charge in [-0.3, -0.25) is 0 Å². The van der Waals surface area contributed by atoms with Crippen LogP contribution in [0.3, 0.4) is 0 Å². The van der Waals surface area contributed by atoms with E-state index in [9.17, 15) is 4.39 Å². The van der Waals surface area contributed by atoms with E-state index in [-0.39, 0.29) is 13.2 Å². The van der Waals surface area contributed by atoms with E-state index < -0.39 is 5.67 Å². The molecule has 0 rings (SSSR count). The van der Waals surface area contributed by atoms with Crippen LogP contribution in [-0.4, -0.2) is 39.1 Å². The van der Waals surface area contributed by atoms with Gasteiger partial charge in [0.15, 0.2) is 5.67 Å². The van der Waals surface area contributed by atoms with Gasteiger partial charge in [-0.1, -0.05) is 6.92 Å². The summed E-state index contributed by atoms with van der Waals surface area (Å²) in [6.45, 7) is 3.28. The molecule has 1 atom stereocenters. The van der Waals surface area contributed by atoms with Crippen LogP contribution in [0.25, 0.3) is 0 Å². The van der Waals surface area contributed by atoms with Crippen LogP contribution in [-0.2, 0) is 9.47 Å². The van der Waals surface area contributed by atoms with Gasteiger partial charge in [-0.05, 0) is 25.8 Å². The van der Waals surface area contributed by atoms with E-state index in [1.165, 1.54) is 7.11 Å². The van der Waals surface area contributed by atoms with Crippen molar-refractivity contribution in [3.8, 4) is 0 Å². The van der Waals surface area contributed by atoms with E-state index in [0.29, 0.717) is 26.0 Å². The first-order chi connectivity index (χ1) is 6.68. The summed E-state index contributed by atoms with van der Waals surface area (Å²) in [7, 11) is 1.50. The molecule has 0 radical (unpaired) electrons. The minimum atomic E-state index is -1.37. The summed E-state index contributed by atoms with van der Waals surface area (Å²) in [4.78, 5) is 0. The Labute approximate surface area is 85.8 Å². The zero-order valence-electron chi connectivity index (χ0n) is 9.22. The number of hydrogen-bond acceptors (Lipinski definition) is 3. The van der Waals surface area contributed by atoms with Crippen molar-refractivity contribution in [2.75, 3.05) is 33.5 Å². The van der Waals surface area contributed by atoms with E-state index in [1.54, 1.807) is 0 Å². The Morgan fingerprint density at radius 1 is 1.36 bits per heavy atom. The second kappa shape index (κ2) is 8.15. The van der Waals surface area contributed by atoms with Crippen molar-refractivity contribution in [2.24, 2.45) is 5.73 Å². The Hall–Kier alpha value is -0.190. The summed E-state index contributed by atoms with van der Waals surface area (Å²) in [5.74, 6) is 0. The summed E-state index contributed by atoms with van der Waals surface area (Å²) >= 11 is 0. The number of hydrogen-bond donors (Lipinski definition) is 1. The molecule has 0 spiro atoms. The summed E-state index contributed by atoms with van der Waals surface area (Å²) < 4.78 is 24.0. The molecular formula is C10H22FNO2. The molecule has 0 aromatic heterocycles. The zero-order valence-corrected chi connectivity index (χ0v) is 9.22. The molecule has 86 valence electrons. The van der Waals surface area contributed by atoms with Crippen molar-refractivity contribution in [1.29, 1.82) is 0 Å². The fourth-order valence-electron chi connectivity index (χ4n) is 1.26. The smallest absolute Gasteiger partial charge is 0.157 e. The Bertz CT molecular complexity index is 135. The van der Waals surface area contributed by atoms with E-state index in [4.69, 9.17) is 15.2 Å². The molecule has 3 nitrogen and oxygen atoms in total.